The number of hydrogen-bond donors (Lipinski definition) is 0. The fourth-order valence-corrected chi connectivity index (χ4v) is 3.89. The Morgan fingerprint density at radius 3 is 2.03 bits per heavy atom. The second-order valence-electron chi connectivity index (χ2n) is 10.7. The smallest absolute Gasteiger partial charge is 0.330 e. The van der Waals surface area contributed by atoms with Gasteiger partial charge in [-0.1, -0.05) is 32.0 Å². The van der Waals surface area contributed by atoms with Gasteiger partial charge in [-0.3, -0.25) is 24.3 Å². The standard InChI is InChI=1S/C26H32N2O6/c1-14(2)21-20-19(15-11-9-10-12-16(15)27-21)22(30)28(23(20)31)17(24(32)34-26(6,7)8)13-18(29)33-25(3,4)5/h9-12,14,17H,13H2,1-8H3. The first-order valence-electron chi connectivity index (χ1n) is 11.4. The average Bonchev–Trinajstić information content (AvgIpc) is 2.93. The van der Waals surface area contributed by atoms with E-state index in [-0.39, 0.29) is 17.0 Å². The van der Waals surface area contributed by atoms with E-state index in [1.165, 1.54) is 0 Å². The van der Waals surface area contributed by atoms with Gasteiger partial charge in [-0.25, -0.2) is 4.79 Å². The number of nitrogens with zero attached hydrogens (tertiary/aromatic N) is 2. The minimum Gasteiger partial charge on any atom is -0.460 e. The van der Waals surface area contributed by atoms with E-state index in [4.69, 9.17) is 9.47 Å². The Morgan fingerprint density at radius 1 is 0.912 bits per heavy atom. The maximum Gasteiger partial charge on any atom is 0.330 e. The summed E-state index contributed by atoms with van der Waals surface area (Å²) in [6.07, 6.45) is -0.514. The summed E-state index contributed by atoms with van der Waals surface area (Å²) in [6.45, 7) is 13.9. The van der Waals surface area contributed by atoms with Gasteiger partial charge in [0.15, 0.2) is 0 Å². The van der Waals surface area contributed by atoms with Crippen LogP contribution in [0.1, 0.15) is 94.1 Å². The van der Waals surface area contributed by atoms with Gasteiger partial charge in [0, 0.05) is 5.39 Å². The van der Waals surface area contributed by atoms with Crippen LogP contribution >= 0.6 is 0 Å². The summed E-state index contributed by atoms with van der Waals surface area (Å²) in [6, 6.07) is 5.58. The molecule has 1 aliphatic rings. The summed E-state index contributed by atoms with van der Waals surface area (Å²) in [7, 11) is 0. The molecule has 1 aromatic carbocycles. The molecule has 0 fully saturated rings. The zero-order valence-corrected chi connectivity index (χ0v) is 21.0. The molecule has 182 valence electrons. The molecule has 0 radical (unpaired) electrons. The third-order valence-electron chi connectivity index (χ3n) is 5.10. The number of para-hydroxylation sites is 1. The first-order chi connectivity index (χ1) is 15.6. The van der Waals surface area contributed by atoms with Gasteiger partial charge in [-0.2, -0.15) is 0 Å². The van der Waals surface area contributed by atoms with Gasteiger partial charge >= 0.3 is 11.9 Å². The maximum atomic E-state index is 13.7. The Labute approximate surface area is 199 Å². The van der Waals surface area contributed by atoms with Crippen LogP contribution in [0, 0.1) is 0 Å². The molecule has 2 aromatic rings. The van der Waals surface area contributed by atoms with Crippen molar-refractivity contribution in [3.05, 3.63) is 41.1 Å². The van der Waals surface area contributed by atoms with Crippen LogP contribution in [0.5, 0.6) is 0 Å². The number of ether oxygens (including phenoxy) is 2. The van der Waals surface area contributed by atoms with Crippen molar-refractivity contribution in [1.82, 2.24) is 9.88 Å². The van der Waals surface area contributed by atoms with Gasteiger partial charge in [-0.05, 0) is 53.5 Å². The molecule has 1 aliphatic heterocycles. The van der Waals surface area contributed by atoms with E-state index in [9.17, 15) is 19.2 Å². The molecule has 0 bridgehead atoms. The minimum absolute atomic E-state index is 0.152. The summed E-state index contributed by atoms with van der Waals surface area (Å²) >= 11 is 0. The summed E-state index contributed by atoms with van der Waals surface area (Å²) in [4.78, 5) is 58.7. The molecule has 0 aliphatic carbocycles. The van der Waals surface area contributed by atoms with Crippen LogP contribution in [-0.2, 0) is 19.1 Å². The van der Waals surface area contributed by atoms with Crippen LogP contribution in [0.25, 0.3) is 10.9 Å². The van der Waals surface area contributed by atoms with Crippen molar-refractivity contribution >= 4 is 34.7 Å². The highest BCUT2D eigenvalue weighted by Crippen LogP contribution is 2.36. The van der Waals surface area contributed by atoms with Crippen LogP contribution in [0.15, 0.2) is 24.3 Å². The third kappa shape index (κ3) is 5.11. The lowest BCUT2D eigenvalue weighted by molar-refractivity contribution is -0.166. The molecule has 0 saturated carbocycles. The summed E-state index contributed by atoms with van der Waals surface area (Å²) < 4.78 is 10.9. The molecular formula is C26H32N2O6. The number of rotatable bonds is 5. The summed E-state index contributed by atoms with van der Waals surface area (Å²) in [5.74, 6) is -3.04. The monoisotopic (exact) mass is 468 g/mol. The molecule has 1 unspecified atom stereocenters. The molecule has 2 heterocycles. The molecule has 2 amide bonds. The number of carbonyl (C=O) groups is 4. The van der Waals surface area contributed by atoms with E-state index in [1.807, 2.05) is 13.8 Å². The van der Waals surface area contributed by atoms with Gasteiger partial charge < -0.3 is 9.47 Å². The van der Waals surface area contributed by atoms with Gasteiger partial charge in [0.2, 0.25) is 0 Å². The molecule has 1 atom stereocenters. The number of hydrogen-bond acceptors (Lipinski definition) is 7. The number of aromatic nitrogens is 1. The van der Waals surface area contributed by atoms with Crippen molar-refractivity contribution < 1.29 is 28.7 Å². The Morgan fingerprint density at radius 2 is 1.47 bits per heavy atom. The zero-order chi connectivity index (χ0) is 25.6. The van der Waals surface area contributed by atoms with Crippen LogP contribution in [0.3, 0.4) is 0 Å². The van der Waals surface area contributed by atoms with Crippen molar-refractivity contribution in [3.8, 4) is 0 Å². The van der Waals surface area contributed by atoms with E-state index in [1.54, 1.807) is 65.8 Å². The molecule has 0 saturated heterocycles. The van der Waals surface area contributed by atoms with Gasteiger partial charge in [-0.15, -0.1) is 0 Å². The highest BCUT2D eigenvalue weighted by molar-refractivity contribution is 6.27. The van der Waals surface area contributed by atoms with Crippen LogP contribution < -0.4 is 0 Å². The molecule has 8 nitrogen and oxygen atoms in total. The lowest BCUT2D eigenvalue weighted by Gasteiger charge is -2.29. The number of imide groups is 1. The number of carbonyl (C=O) groups excluding carboxylic acids is 4. The van der Waals surface area contributed by atoms with Gasteiger partial charge in [0.1, 0.15) is 17.2 Å². The molecule has 34 heavy (non-hydrogen) atoms. The fraction of sp³-hybridized carbons (Fsp3) is 0.500. The lowest BCUT2D eigenvalue weighted by Crippen LogP contribution is -2.49. The normalized spacial score (nSPS) is 15.0. The largest absolute Gasteiger partial charge is 0.460 e. The Balaban J connectivity index is 2.14. The zero-order valence-electron chi connectivity index (χ0n) is 21.0. The predicted molar refractivity (Wildman–Crippen MR) is 126 cm³/mol. The topological polar surface area (TPSA) is 103 Å². The summed E-state index contributed by atoms with van der Waals surface area (Å²) in [5.41, 5.74) is -0.293. The summed E-state index contributed by atoms with van der Waals surface area (Å²) in [5, 5.41) is 0.517. The quantitative estimate of drug-likeness (QED) is 0.473. The highest BCUT2D eigenvalue weighted by atomic mass is 16.6. The Kier molecular flexibility index (Phi) is 6.57. The highest BCUT2D eigenvalue weighted by Gasteiger charge is 2.48. The van der Waals surface area contributed by atoms with E-state index in [0.717, 1.165) is 4.90 Å². The van der Waals surface area contributed by atoms with Crippen LogP contribution in [-0.4, -0.2) is 50.9 Å². The van der Waals surface area contributed by atoms with E-state index >= 15 is 0 Å². The fourth-order valence-electron chi connectivity index (χ4n) is 3.89. The third-order valence-corrected chi connectivity index (χ3v) is 5.10. The molecule has 1 aromatic heterocycles. The van der Waals surface area contributed by atoms with Gasteiger partial charge in [0.05, 0.1) is 28.8 Å². The first-order valence-corrected chi connectivity index (χ1v) is 11.4. The predicted octanol–water partition coefficient (Wildman–Crippen LogP) is 4.40. The molecule has 3 rings (SSSR count). The second-order valence-corrected chi connectivity index (χ2v) is 10.7. The SMILES string of the molecule is CC(C)c1nc2ccccc2c2c1C(=O)N(C(CC(=O)OC(C)(C)C)C(=O)OC(C)(C)C)C2=O. The molecular weight excluding hydrogens is 436 g/mol. The molecule has 8 heteroatoms. The van der Waals surface area contributed by atoms with E-state index in [0.29, 0.717) is 16.6 Å². The van der Waals surface area contributed by atoms with Crippen molar-refractivity contribution in [3.63, 3.8) is 0 Å². The van der Waals surface area contributed by atoms with Crippen molar-refractivity contribution in [2.45, 2.75) is 85.0 Å². The minimum atomic E-state index is -1.47. The number of amides is 2. The number of esters is 2. The van der Waals surface area contributed by atoms with E-state index in [2.05, 4.69) is 4.98 Å². The second kappa shape index (κ2) is 8.81. The number of pyridine rings is 1. The van der Waals surface area contributed by atoms with Crippen LogP contribution in [0.2, 0.25) is 0 Å². The lowest BCUT2D eigenvalue weighted by atomic mass is 9.97. The number of fused-ring (bicyclic) bond motifs is 3. The van der Waals surface area contributed by atoms with Gasteiger partial charge in [0.25, 0.3) is 11.8 Å². The Bertz CT molecular complexity index is 1170. The molecule has 0 N–H and O–H groups in total. The first kappa shape index (κ1) is 25.3. The maximum absolute atomic E-state index is 13.7. The number of benzene rings is 1. The molecule has 0 spiro atoms. The van der Waals surface area contributed by atoms with Crippen molar-refractivity contribution in [2.75, 3.05) is 0 Å². The van der Waals surface area contributed by atoms with Crippen molar-refractivity contribution in [1.29, 1.82) is 0 Å². The van der Waals surface area contributed by atoms with Crippen molar-refractivity contribution in [2.24, 2.45) is 0 Å². The van der Waals surface area contributed by atoms with Crippen LogP contribution in [0.4, 0.5) is 0 Å². The Hall–Kier alpha value is -3.29. The average molecular weight is 469 g/mol. The van der Waals surface area contributed by atoms with E-state index < -0.39 is 47.4 Å².